The van der Waals surface area contributed by atoms with Crippen LogP contribution in [0.5, 0.6) is 5.88 Å². The van der Waals surface area contributed by atoms with Gasteiger partial charge in [-0.1, -0.05) is 29.8 Å². The van der Waals surface area contributed by atoms with Crippen LogP contribution in [0.4, 0.5) is 5.69 Å². The van der Waals surface area contributed by atoms with E-state index in [1.165, 1.54) is 0 Å². The maximum absolute atomic E-state index is 7.67. The zero-order valence-electron chi connectivity index (χ0n) is 21.6. The van der Waals surface area contributed by atoms with E-state index in [-0.39, 0.29) is 11.6 Å². The Morgan fingerprint density at radius 3 is 2.54 bits per heavy atom. The molecule has 39 heavy (non-hydrogen) atoms. The van der Waals surface area contributed by atoms with Crippen LogP contribution in [0.1, 0.15) is 42.9 Å². The molecule has 0 N–H and O–H groups in total. The second-order valence-corrected chi connectivity index (χ2v) is 10.9. The quantitative estimate of drug-likeness (QED) is 0.253. The second kappa shape index (κ2) is 10.6. The summed E-state index contributed by atoms with van der Waals surface area (Å²) in [7, 11) is 0. The number of benzene rings is 2. The van der Waals surface area contributed by atoms with Crippen molar-refractivity contribution in [2.75, 3.05) is 13.1 Å². The number of fused-ring (bicyclic) bond motifs is 1. The first kappa shape index (κ1) is 25.3. The zero-order chi connectivity index (χ0) is 26.8. The lowest BCUT2D eigenvalue weighted by Crippen LogP contribution is -2.38. The third-order valence-electron chi connectivity index (χ3n) is 7.60. The van der Waals surface area contributed by atoms with Gasteiger partial charge in [-0.05, 0) is 42.7 Å². The molecule has 8 nitrogen and oxygen atoms in total. The van der Waals surface area contributed by atoms with Crippen LogP contribution in [0.3, 0.4) is 0 Å². The first-order chi connectivity index (χ1) is 19.0. The van der Waals surface area contributed by atoms with Crippen molar-refractivity contribution in [3.05, 3.63) is 99.8 Å². The molecule has 0 unspecified atom stereocenters. The number of hydrogen-bond donors (Lipinski definition) is 0. The highest BCUT2D eigenvalue weighted by Gasteiger charge is 2.51. The van der Waals surface area contributed by atoms with Crippen LogP contribution < -0.4 is 4.74 Å². The molecule has 0 radical (unpaired) electrons. The van der Waals surface area contributed by atoms with Gasteiger partial charge in [0, 0.05) is 49.6 Å². The molecule has 0 bridgehead atoms. The number of hydrogen-bond acceptors (Lipinski definition) is 5. The van der Waals surface area contributed by atoms with Crippen LogP contribution in [0.25, 0.3) is 20.7 Å². The van der Waals surface area contributed by atoms with Crippen LogP contribution >= 0.6 is 11.6 Å². The van der Waals surface area contributed by atoms with E-state index in [0.29, 0.717) is 36.1 Å². The Balaban J connectivity index is 1.10. The monoisotopic (exact) mass is 537 g/mol. The number of aromatic nitrogens is 4. The number of imidazole rings is 1. The molecule has 196 valence electrons. The Kier molecular flexibility index (Phi) is 6.91. The molecule has 1 saturated heterocycles. The van der Waals surface area contributed by atoms with Crippen LogP contribution in [0.15, 0.2) is 54.7 Å². The van der Waals surface area contributed by atoms with Crippen molar-refractivity contribution >= 4 is 28.3 Å². The van der Waals surface area contributed by atoms with E-state index in [1.807, 2.05) is 48.5 Å². The summed E-state index contributed by atoms with van der Waals surface area (Å²) in [6, 6.07) is 15.2. The predicted molar refractivity (Wildman–Crippen MR) is 150 cm³/mol. The van der Waals surface area contributed by atoms with Crippen molar-refractivity contribution < 1.29 is 4.74 Å². The number of nitrogens with zero attached hydrogens (tertiary/aromatic N) is 7. The number of halogens is 1. The molecular weight excluding hydrogens is 510 g/mol. The minimum atomic E-state index is -0.300. The summed E-state index contributed by atoms with van der Waals surface area (Å²) in [5.74, 6) is 2.29. The predicted octanol–water partition coefficient (Wildman–Crippen LogP) is 6.12. The Morgan fingerprint density at radius 2 is 1.82 bits per heavy atom. The van der Waals surface area contributed by atoms with Crippen molar-refractivity contribution in [3.8, 4) is 5.88 Å². The first-order valence-electron chi connectivity index (χ1n) is 13.2. The second-order valence-electron chi connectivity index (χ2n) is 10.4. The van der Waals surface area contributed by atoms with Crippen molar-refractivity contribution in [1.29, 1.82) is 0 Å². The molecule has 0 spiro atoms. The highest BCUT2D eigenvalue weighted by Crippen LogP contribution is 2.42. The van der Waals surface area contributed by atoms with Gasteiger partial charge in [-0.3, -0.25) is 4.90 Å². The number of ether oxygens (including phenoxy) is 1. The van der Waals surface area contributed by atoms with Gasteiger partial charge in [0.25, 0.3) is 5.54 Å². The lowest BCUT2D eigenvalue weighted by molar-refractivity contribution is 0.0910. The van der Waals surface area contributed by atoms with Gasteiger partial charge in [0.15, 0.2) is 5.69 Å². The molecule has 2 aromatic carbocycles. The van der Waals surface area contributed by atoms with E-state index in [4.69, 9.17) is 34.5 Å². The Hall–Kier alpha value is -3.98. The van der Waals surface area contributed by atoms with E-state index in [9.17, 15) is 0 Å². The fraction of sp³-hybridized carbons (Fsp3) is 0.367. The van der Waals surface area contributed by atoms with Crippen LogP contribution in [0, 0.1) is 13.1 Å². The molecule has 9 heteroatoms. The highest BCUT2D eigenvalue weighted by atomic mass is 35.5. The van der Waals surface area contributed by atoms with Crippen molar-refractivity contribution in [2.24, 2.45) is 0 Å². The SMILES string of the molecule is [C-]#[N+]c1ccc2c(c1)nc(CN1CCC(Oc3ccnc(Cc4ccc(Cl)cc4)n3)CC1)n2CC1([N+]#[C-])CC1. The van der Waals surface area contributed by atoms with E-state index in [2.05, 4.69) is 29.1 Å². The molecule has 2 aliphatic rings. The van der Waals surface area contributed by atoms with Crippen LogP contribution in [0.2, 0.25) is 5.02 Å². The van der Waals surface area contributed by atoms with Gasteiger partial charge in [0.2, 0.25) is 5.88 Å². The molecule has 2 aromatic heterocycles. The van der Waals surface area contributed by atoms with Crippen LogP contribution in [-0.4, -0.2) is 49.2 Å². The molecule has 3 heterocycles. The standard InChI is InChI=1S/C30H28ClN7O/c1-32-23-7-8-26-25(18-23)35-28(38(26)20-30(33-2)12-13-30)19-37-15-10-24(11-16-37)39-29-9-14-34-27(36-29)17-21-3-5-22(31)6-4-21/h3-9,14,18,24H,10-13,15-17,19-20H2. The van der Waals surface area contributed by atoms with Crippen LogP contribution in [-0.2, 0) is 19.5 Å². The number of likely N-dealkylation sites (tertiary alicyclic amines) is 1. The van der Waals surface area contributed by atoms with E-state index in [1.54, 1.807) is 6.20 Å². The highest BCUT2D eigenvalue weighted by molar-refractivity contribution is 6.30. The summed E-state index contributed by atoms with van der Waals surface area (Å²) in [6.45, 7) is 18.2. The van der Waals surface area contributed by atoms with E-state index < -0.39 is 0 Å². The van der Waals surface area contributed by atoms with Gasteiger partial charge >= 0.3 is 0 Å². The Morgan fingerprint density at radius 1 is 1.03 bits per heavy atom. The molecular formula is C30H28ClN7O. The lowest BCUT2D eigenvalue weighted by Gasteiger charge is -2.31. The van der Waals surface area contributed by atoms with Gasteiger partial charge in [0.1, 0.15) is 24.3 Å². The smallest absolute Gasteiger partial charge is 0.250 e. The number of piperidine rings is 1. The summed E-state index contributed by atoms with van der Waals surface area (Å²) < 4.78 is 8.46. The summed E-state index contributed by atoms with van der Waals surface area (Å²) in [6.07, 6.45) is 6.13. The Labute approximate surface area is 232 Å². The number of rotatable bonds is 8. The largest absolute Gasteiger partial charge is 0.474 e. The fourth-order valence-corrected chi connectivity index (χ4v) is 5.28. The lowest BCUT2D eigenvalue weighted by atomic mass is 10.1. The van der Waals surface area contributed by atoms with Gasteiger partial charge in [0.05, 0.1) is 24.2 Å². The third-order valence-corrected chi connectivity index (χ3v) is 7.85. The topological polar surface area (TPSA) is 64.8 Å². The fourth-order valence-electron chi connectivity index (χ4n) is 5.15. The molecule has 4 aromatic rings. The Bertz CT molecular complexity index is 1570. The van der Waals surface area contributed by atoms with E-state index in [0.717, 1.165) is 67.0 Å². The van der Waals surface area contributed by atoms with Gasteiger partial charge in [-0.25, -0.2) is 21.4 Å². The minimum absolute atomic E-state index is 0.0939. The zero-order valence-corrected chi connectivity index (χ0v) is 22.3. The van der Waals surface area contributed by atoms with Crippen molar-refractivity contribution in [3.63, 3.8) is 0 Å². The van der Waals surface area contributed by atoms with Gasteiger partial charge < -0.3 is 14.1 Å². The summed E-state index contributed by atoms with van der Waals surface area (Å²) in [5.41, 5.74) is 3.22. The third kappa shape index (κ3) is 5.73. The molecule has 0 amide bonds. The first-order valence-corrected chi connectivity index (χ1v) is 13.6. The van der Waals surface area contributed by atoms with Crippen molar-refractivity contribution in [2.45, 2.75) is 56.8 Å². The summed E-state index contributed by atoms with van der Waals surface area (Å²) >= 11 is 6.00. The van der Waals surface area contributed by atoms with Gasteiger partial charge in [-0.15, -0.1) is 0 Å². The molecule has 6 rings (SSSR count). The minimum Gasteiger partial charge on any atom is -0.474 e. The molecule has 2 fully saturated rings. The maximum atomic E-state index is 7.67. The normalized spacial score (nSPS) is 17.0. The van der Waals surface area contributed by atoms with Gasteiger partial charge in [-0.2, -0.15) is 4.98 Å². The average Bonchev–Trinajstić information content (AvgIpc) is 3.66. The van der Waals surface area contributed by atoms with E-state index >= 15 is 0 Å². The average molecular weight is 538 g/mol. The molecule has 1 aliphatic carbocycles. The summed E-state index contributed by atoms with van der Waals surface area (Å²) in [5, 5.41) is 0.713. The molecule has 0 atom stereocenters. The maximum Gasteiger partial charge on any atom is 0.250 e. The molecule has 1 aliphatic heterocycles. The molecule has 1 saturated carbocycles. The van der Waals surface area contributed by atoms with Crippen molar-refractivity contribution in [1.82, 2.24) is 24.4 Å². The summed E-state index contributed by atoms with van der Waals surface area (Å²) in [4.78, 5) is 23.8.